The molecule has 0 aromatic heterocycles. The normalized spacial score (nSPS) is 31.8. The van der Waals surface area contributed by atoms with E-state index in [0.29, 0.717) is 18.0 Å². The first-order chi connectivity index (χ1) is 8.30. The van der Waals surface area contributed by atoms with Crippen LogP contribution in [-0.4, -0.2) is 42.8 Å². The maximum absolute atomic E-state index is 6.05. The summed E-state index contributed by atoms with van der Waals surface area (Å²) in [5.41, 5.74) is 3.00. The van der Waals surface area contributed by atoms with E-state index in [0.717, 1.165) is 26.0 Å². The average Bonchev–Trinajstić information content (AvgIpc) is 2.82. The van der Waals surface area contributed by atoms with Gasteiger partial charge >= 0.3 is 0 Å². The summed E-state index contributed by atoms with van der Waals surface area (Å²) in [6.07, 6.45) is 5.22. The number of nitrogens with two attached hydrogens (primary N) is 1. The largest absolute Gasteiger partial charge is 0.374 e. The fourth-order valence-electron chi connectivity index (χ4n) is 3.40. The van der Waals surface area contributed by atoms with Crippen LogP contribution in [0, 0.1) is 5.92 Å². The lowest BCUT2D eigenvalue weighted by Crippen LogP contribution is -2.58. The van der Waals surface area contributed by atoms with Gasteiger partial charge in [0.25, 0.3) is 0 Å². The van der Waals surface area contributed by atoms with Gasteiger partial charge in [-0.1, -0.05) is 26.7 Å². The summed E-state index contributed by atoms with van der Waals surface area (Å²) in [4.78, 5) is 2.58. The van der Waals surface area contributed by atoms with E-state index >= 15 is 0 Å². The van der Waals surface area contributed by atoms with Crippen molar-refractivity contribution in [3.63, 3.8) is 0 Å². The van der Waals surface area contributed by atoms with Crippen molar-refractivity contribution in [3.8, 4) is 0 Å². The lowest BCUT2D eigenvalue weighted by atomic mass is 9.89. The zero-order valence-corrected chi connectivity index (χ0v) is 11.2. The second-order valence-corrected chi connectivity index (χ2v) is 5.43. The molecular formula is C13H27N3O. The van der Waals surface area contributed by atoms with Gasteiger partial charge in [-0.05, 0) is 25.3 Å². The molecule has 0 bridgehead atoms. The van der Waals surface area contributed by atoms with E-state index < -0.39 is 0 Å². The molecule has 0 amide bonds. The van der Waals surface area contributed by atoms with Gasteiger partial charge < -0.3 is 4.74 Å². The Labute approximate surface area is 105 Å². The Balaban J connectivity index is 1.95. The van der Waals surface area contributed by atoms with E-state index in [-0.39, 0.29) is 6.10 Å². The molecule has 2 aliphatic heterocycles. The fraction of sp³-hybridized carbons (Fsp3) is 1.00. The van der Waals surface area contributed by atoms with Crippen LogP contribution >= 0.6 is 0 Å². The van der Waals surface area contributed by atoms with Gasteiger partial charge in [-0.2, -0.15) is 0 Å². The number of morpholine rings is 1. The molecule has 0 aromatic rings. The molecule has 2 fully saturated rings. The quantitative estimate of drug-likeness (QED) is 0.559. The van der Waals surface area contributed by atoms with Crippen LogP contribution in [0.2, 0.25) is 0 Å². The lowest BCUT2D eigenvalue weighted by molar-refractivity contribution is -0.0740. The topological polar surface area (TPSA) is 50.5 Å². The van der Waals surface area contributed by atoms with Gasteiger partial charge in [0.05, 0.1) is 18.8 Å². The Kier molecular flexibility index (Phi) is 4.79. The van der Waals surface area contributed by atoms with Crippen molar-refractivity contribution in [2.75, 3.05) is 19.7 Å². The van der Waals surface area contributed by atoms with Crippen LogP contribution < -0.4 is 11.3 Å². The summed E-state index contributed by atoms with van der Waals surface area (Å²) in [6.45, 7) is 7.66. The second kappa shape index (κ2) is 6.14. The molecule has 0 aliphatic carbocycles. The smallest absolute Gasteiger partial charge is 0.0871 e. The third-order valence-electron chi connectivity index (χ3n) is 4.57. The molecule has 17 heavy (non-hydrogen) atoms. The summed E-state index contributed by atoms with van der Waals surface area (Å²) in [5, 5.41) is 0. The molecule has 0 spiro atoms. The molecule has 2 heterocycles. The Bertz CT molecular complexity index is 233. The summed E-state index contributed by atoms with van der Waals surface area (Å²) in [5.74, 6) is 6.36. The number of nitrogens with zero attached hydrogens (tertiary/aromatic N) is 1. The van der Waals surface area contributed by atoms with Gasteiger partial charge in [0.1, 0.15) is 0 Å². The van der Waals surface area contributed by atoms with Crippen LogP contribution in [0.1, 0.15) is 39.5 Å². The molecule has 3 N–H and O–H groups in total. The first-order valence-electron chi connectivity index (χ1n) is 7.11. The van der Waals surface area contributed by atoms with Crippen LogP contribution in [-0.2, 0) is 4.74 Å². The molecule has 2 saturated heterocycles. The molecule has 2 aliphatic rings. The van der Waals surface area contributed by atoms with Crippen LogP contribution in [0.4, 0.5) is 0 Å². The maximum Gasteiger partial charge on any atom is 0.0871 e. The number of nitrogens with one attached hydrogen (secondary N) is 1. The van der Waals surface area contributed by atoms with Crippen LogP contribution in [0.15, 0.2) is 0 Å². The standard InChI is InChI=1S/C13H27N3O/c1-3-10(4-2)13(15-14)12-8-16-7-5-6-11(16)9-17-12/h10-13,15H,3-9,14H2,1-2H3. The molecule has 0 radical (unpaired) electrons. The number of ether oxygens (including phenoxy) is 1. The van der Waals surface area contributed by atoms with E-state index in [1.54, 1.807) is 0 Å². The van der Waals surface area contributed by atoms with Crippen molar-refractivity contribution in [3.05, 3.63) is 0 Å². The molecule has 4 heteroatoms. The highest BCUT2D eigenvalue weighted by Crippen LogP contribution is 2.26. The summed E-state index contributed by atoms with van der Waals surface area (Å²) < 4.78 is 6.05. The van der Waals surface area contributed by atoms with Crippen LogP contribution in [0.3, 0.4) is 0 Å². The second-order valence-electron chi connectivity index (χ2n) is 5.43. The number of fused-ring (bicyclic) bond motifs is 1. The highest BCUT2D eigenvalue weighted by molar-refractivity contribution is 4.91. The number of hydrogen-bond acceptors (Lipinski definition) is 4. The van der Waals surface area contributed by atoms with Crippen molar-refractivity contribution in [1.29, 1.82) is 0 Å². The zero-order valence-electron chi connectivity index (χ0n) is 11.2. The predicted molar refractivity (Wildman–Crippen MR) is 69.5 cm³/mol. The monoisotopic (exact) mass is 241 g/mol. The van der Waals surface area contributed by atoms with Crippen molar-refractivity contribution in [2.45, 2.75) is 57.7 Å². The Morgan fingerprint density at radius 2 is 2.18 bits per heavy atom. The van der Waals surface area contributed by atoms with Crippen molar-refractivity contribution < 1.29 is 4.74 Å². The molecular weight excluding hydrogens is 214 g/mol. The minimum atomic E-state index is 0.263. The summed E-state index contributed by atoms with van der Waals surface area (Å²) >= 11 is 0. The first-order valence-corrected chi connectivity index (χ1v) is 7.11. The van der Waals surface area contributed by atoms with E-state index in [1.165, 1.54) is 19.4 Å². The van der Waals surface area contributed by atoms with E-state index in [1.807, 2.05) is 0 Å². The number of hydrazine groups is 1. The third kappa shape index (κ3) is 2.81. The summed E-state index contributed by atoms with van der Waals surface area (Å²) in [6, 6.07) is 0.970. The molecule has 3 atom stereocenters. The predicted octanol–water partition coefficient (Wildman–Crippen LogP) is 1.12. The first kappa shape index (κ1) is 13.3. The number of rotatable bonds is 5. The van der Waals surface area contributed by atoms with Gasteiger partial charge in [0.2, 0.25) is 0 Å². The Morgan fingerprint density at radius 1 is 1.41 bits per heavy atom. The van der Waals surface area contributed by atoms with Crippen molar-refractivity contribution in [2.24, 2.45) is 11.8 Å². The minimum Gasteiger partial charge on any atom is -0.374 e. The molecule has 0 saturated carbocycles. The Hall–Kier alpha value is -0.160. The van der Waals surface area contributed by atoms with E-state index in [9.17, 15) is 0 Å². The van der Waals surface area contributed by atoms with Crippen LogP contribution in [0.5, 0.6) is 0 Å². The van der Waals surface area contributed by atoms with Crippen molar-refractivity contribution in [1.82, 2.24) is 10.3 Å². The van der Waals surface area contributed by atoms with Gasteiger partial charge in [-0.25, -0.2) is 0 Å². The molecule has 3 unspecified atom stereocenters. The third-order valence-corrected chi connectivity index (χ3v) is 4.57. The average molecular weight is 241 g/mol. The Morgan fingerprint density at radius 3 is 2.82 bits per heavy atom. The molecule has 100 valence electrons. The van der Waals surface area contributed by atoms with Crippen LogP contribution in [0.25, 0.3) is 0 Å². The van der Waals surface area contributed by atoms with Gasteiger partial charge in [0, 0.05) is 12.6 Å². The van der Waals surface area contributed by atoms with E-state index in [4.69, 9.17) is 10.6 Å². The van der Waals surface area contributed by atoms with Gasteiger partial charge in [-0.15, -0.1) is 0 Å². The van der Waals surface area contributed by atoms with Gasteiger partial charge in [0.15, 0.2) is 0 Å². The lowest BCUT2D eigenvalue weighted by Gasteiger charge is -2.40. The zero-order chi connectivity index (χ0) is 12.3. The fourth-order valence-corrected chi connectivity index (χ4v) is 3.40. The maximum atomic E-state index is 6.05. The van der Waals surface area contributed by atoms with Crippen molar-refractivity contribution >= 4 is 0 Å². The van der Waals surface area contributed by atoms with Gasteiger partial charge in [-0.3, -0.25) is 16.2 Å². The van der Waals surface area contributed by atoms with E-state index in [2.05, 4.69) is 24.2 Å². The highest BCUT2D eigenvalue weighted by Gasteiger charge is 2.37. The highest BCUT2D eigenvalue weighted by atomic mass is 16.5. The summed E-state index contributed by atoms with van der Waals surface area (Å²) in [7, 11) is 0. The number of hydrogen-bond donors (Lipinski definition) is 2. The SMILES string of the molecule is CCC(CC)C(NN)C1CN2CCCC2CO1. The minimum absolute atomic E-state index is 0.263. The molecule has 4 nitrogen and oxygen atoms in total. The molecule has 2 rings (SSSR count). The molecule has 0 aromatic carbocycles.